The first kappa shape index (κ1) is 22.5. The van der Waals surface area contributed by atoms with Crippen LogP contribution in [0.2, 0.25) is 0 Å². The van der Waals surface area contributed by atoms with E-state index >= 15 is 0 Å². The summed E-state index contributed by atoms with van der Waals surface area (Å²) in [6.07, 6.45) is -2.83. The molecular weight excluding hydrogens is 441 g/mol. The van der Waals surface area contributed by atoms with Gasteiger partial charge in [-0.15, -0.1) is 0 Å². The molecule has 0 saturated carbocycles. The molecule has 5 nitrogen and oxygen atoms in total. The van der Waals surface area contributed by atoms with Crippen molar-refractivity contribution in [3.63, 3.8) is 0 Å². The Morgan fingerprint density at radius 2 is 1.52 bits per heavy atom. The van der Waals surface area contributed by atoms with E-state index in [0.717, 1.165) is 16.8 Å². The fourth-order valence-electron chi connectivity index (χ4n) is 3.45. The van der Waals surface area contributed by atoms with Gasteiger partial charge in [0.15, 0.2) is 11.5 Å². The number of nitrogens with zero attached hydrogens (tertiary/aromatic N) is 5. The normalized spacial score (nSPS) is 13.7. The molecule has 0 aliphatic rings. The molecule has 33 heavy (non-hydrogen) atoms. The number of rotatable bonds is 5. The molecule has 1 unspecified atom stereocenters. The topological polar surface area (TPSA) is 56.5 Å². The highest BCUT2D eigenvalue weighted by atomic mass is 19.4. The SMILES string of the molecule is CCC(C)(c1cccc(-c2ccc(F)nc2F)n1)c1cccc(-n2ccc(C(F)(F)F)n2)n1. The van der Waals surface area contributed by atoms with Crippen LogP contribution in [0.3, 0.4) is 0 Å². The molecule has 1 atom stereocenters. The summed E-state index contributed by atoms with van der Waals surface area (Å²) < 4.78 is 67.3. The van der Waals surface area contributed by atoms with Gasteiger partial charge in [-0.2, -0.15) is 32.0 Å². The summed E-state index contributed by atoms with van der Waals surface area (Å²) >= 11 is 0. The van der Waals surface area contributed by atoms with Crippen molar-refractivity contribution < 1.29 is 22.0 Å². The number of hydrogen-bond acceptors (Lipinski definition) is 4. The maximum absolute atomic E-state index is 14.2. The zero-order valence-corrected chi connectivity index (χ0v) is 17.6. The zero-order chi connectivity index (χ0) is 23.8. The third-order valence-electron chi connectivity index (χ3n) is 5.53. The molecular formula is C23H18F5N5. The summed E-state index contributed by atoms with van der Waals surface area (Å²) in [6.45, 7) is 3.80. The Morgan fingerprint density at radius 1 is 0.818 bits per heavy atom. The summed E-state index contributed by atoms with van der Waals surface area (Å²) in [6, 6.07) is 13.2. The third kappa shape index (κ3) is 4.33. The van der Waals surface area contributed by atoms with Gasteiger partial charge in [-0.3, -0.25) is 4.98 Å². The first-order valence-electron chi connectivity index (χ1n) is 10.0. The van der Waals surface area contributed by atoms with Crippen molar-refractivity contribution in [2.75, 3.05) is 0 Å². The summed E-state index contributed by atoms with van der Waals surface area (Å²) in [5.41, 5.74) is -0.334. The fourth-order valence-corrected chi connectivity index (χ4v) is 3.45. The van der Waals surface area contributed by atoms with Crippen LogP contribution in [0, 0.1) is 11.9 Å². The van der Waals surface area contributed by atoms with E-state index in [0.29, 0.717) is 17.8 Å². The van der Waals surface area contributed by atoms with Crippen molar-refractivity contribution in [2.24, 2.45) is 0 Å². The lowest BCUT2D eigenvalue weighted by molar-refractivity contribution is -0.141. The number of alkyl halides is 3. The summed E-state index contributed by atoms with van der Waals surface area (Å²) in [5, 5.41) is 3.58. The minimum absolute atomic E-state index is 0.0506. The first-order valence-corrected chi connectivity index (χ1v) is 10.0. The molecule has 0 bridgehead atoms. The van der Waals surface area contributed by atoms with Crippen LogP contribution in [0.1, 0.15) is 37.4 Å². The van der Waals surface area contributed by atoms with Gasteiger partial charge < -0.3 is 0 Å². The molecule has 0 aliphatic heterocycles. The van der Waals surface area contributed by atoms with Gasteiger partial charge in [0, 0.05) is 6.20 Å². The molecule has 4 rings (SSSR count). The molecule has 0 aromatic carbocycles. The van der Waals surface area contributed by atoms with Crippen LogP contribution in [-0.2, 0) is 11.6 Å². The smallest absolute Gasteiger partial charge is 0.252 e. The standard InChI is InChI=1S/C23H18F5N5/c1-3-22(2,16-7-4-6-15(29-16)14-10-11-19(24)31-21(14)25)17-8-5-9-20(30-17)33-13-12-18(32-33)23(26,27)28/h4-13H,3H2,1-2H3. The van der Waals surface area contributed by atoms with Crippen LogP contribution in [-0.4, -0.2) is 24.7 Å². The van der Waals surface area contributed by atoms with Crippen LogP contribution in [0.4, 0.5) is 22.0 Å². The van der Waals surface area contributed by atoms with Gasteiger partial charge in [-0.25, -0.2) is 9.67 Å². The highest BCUT2D eigenvalue weighted by molar-refractivity contribution is 5.59. The predicted molar refractivity (Wildman–Crippen MR) is 110 cm³/mol. The van der Waals surface area contributed by atoms with E-state index in [4.69, 9.17) is 0 Å². The van der Waals surface area contributed by atoms with E-state index in [1.165, 1.54) is 12.3 Å². The molecule has 0 aliphatic carbocycles. The van der Waals surface area contributed by atoms with Crippen LogP contribution >= 0.6 is 0 Å². The minimum Gasteiger partial charge on any atom is -0.252 e. The Morgan fingerprint density at radius 3 is 2.15 bits per heavy atom. The van der Waals surface area contributed by atoms with E-state index in [2.05, 4.69) is 20.1 Å². The Bertz CT molecular complexity index is 1300. The van der Waals surface area contributed by atoms with Crippen molar-refractivity contribution in [1.82, 2.24) is 24.7 Å². The molecule has 0 amide bonds. The van der Waals surface area contributed by atoms with Crippen molar-refractivity contribution in [3.8, 4) is 17.1 Å². The maximum atomic E-state index is 14.2. The number of halogens is 5. The second-order valence-corrected chi connectivity index (χ2v) is 7.59. The lowest BCUT2D eigenvalue weighted by Crippen LogP contribution is -2.26. The van der Waals surface area contributed by atoms with E-state index in [1.807, 2.05) is 13.8 Å². The van der Waals surface area contributed by atoms with Gasteiger partial charge in [-0.1, -0.05) is 19.1 Å². The van der Waals surface area contributed by atoms with Gasteiger partial charge in [0.2, 0.25) is 11.9 Å². The Kier molecular flexibility index (Phi) is 5.69. The van der Waals surface area contributed by atoms with Crippen molar-refractivity contribution in [2.45, 2.75) is 31.9 Å². The van der Waals surface area contributed by atoms with Gasteiger partial charge >= 0.3 is 6.18 Å². The molecule has 0 fully saturated rings. The monoisotopic (exact) mass is 459 g/mol. The second-order valence-electron chi connectivity index (χ2n) is 7.59. The molecule has 0 N–H and O–H groups in total. The fraction of sp³-hybridized carbons (Fsp3) is 0.217. The van der Waals surface area contributed by atoms with E-state index in [-0.39, 0.29) is 17.1 Å². The zero-order valence-electron chi connectivity index (χ0n) is 17.6. The van der Waals surface area contributed by atoms with Gasteiger partial charge in [0.25, 0.3) is 0 Å². The van der Waals surface area contributed by atoms with Crippen molar-refractivity contribution in [1.29, 1.82) is 0 Å². The van der Waals surface area contributed by atoms with Crippen LogP contribution < -0.4 is 0 Å². The number of hydrogen-bond donors (Lipinski definition) is 0. The average molecular weight is 459 g/mol. The van der Waals surface area contributed by atoms with Crippen LogP contribution in [0.15, 0.2) is 60.8 Å². The van der Waals surface area contributed by atoms with Gasteiger partial charge in [0.05, 0.1) is 28.1 Å². The van der Waals surface area contributed by atoms with Crippen molar-refractivity contribution in [3.05, 3.63) is 89.8 Å². The lowest BCUT2D eigenvalue weighted by Gasteiger charge is -2.28. The molecule has 4 aromatic rings. The largest absolute Gasteiger partial charge is 0.435 e. The average Bonchev–Trinajstić information content (AvgIpc) is 3.30. The lowest BCUT2D eigenvalue weighted by atomic mass is 9.79. The Labute approximate surface area is 186 Å². The summed E-state index contributed by atoms with van der Waals surface area (Å²) in [7, 11) is 0. The van der Waals surface area contributed by atoms with Crippen molar-refractivity contribution >= 4 is 0 Å². The maximum Gasteiger partial charge on any atom is 0.435 e. The minimum atomic E-state index is -4.56. The van der Waals surface area contributed by atoms with E-state index in [1.54, 1.807) is 36.4 Å². The summed E-state index contributed by atoms with van der Waals surface area (Å²) in [5.74, 6) is -1.69. The molecule has 170 valence electrons. The molecule has 4 heterocycles. The van der Waals surface area contributed by atoms with Crippen LogP contribution in [0.25, 0.3) is 17.1 Å². The Hall–Kier alpha value is -3.69. The quantitative estimate of drug-likeness (QED) is 0.282. The highest BCUT2D eigenvalue weighted by Gasteiger charge is 2.34. The Balaban J connectivity index is 1.75. The molecule has 4 aromatic heterocycles. The van der Waals surface area contributed by atoms with E-state index < -0.39 is 29.2 Å². The summed E-state index contributed by atoms with van der Waals surface area (Å²) in [4.78, 5) is 12.3. The molecule has 10 heteroatoms. The highest BCUT2D eigenvalue weighted by Crippen LogP contribution is 2.35. The molecule has 0 saturated heterocycles. The molecule has 0 spiro atoms. The molecule has 0 radical (unpaired) electrons. The van der Waals surface area contributed by atoms with Gasteiger partial charge in [0.1, 0.15) is 0 Å². The second kappa shape index (κ2) is 8.34. The first-order chi connectivity index (χ1) is 15.6. The third-order valence-corrected chi connectivity index (χ3v) is 5.53. The number of aromatic nitrogens is 5. The predicted octanol–water partition coefficient (Wildman–Crippen LogP) is 5.74. The number of pyridine rings is 3. The van der Waals surface area contributed by atoms with Crippen LogP contribution in [0.5, 0.6) is 0 Å². The van der Waals surface area contributed by atoms with E-state index in [9.17, 15) is 22.0 Å². The van der Waals surface area contributed by atoms with Gasteiger partial charge in [-0.05, 0) is 55.8 Å².